The van der Waals surface area contributed by atoms with Crippen molar-refractivity contribution in [1.29, 1.82) is 0 Å². The maximum atomic E-state index is 11.4. The Hall–Kier alpha value is -0.880. The average Bonchev–Trinajstić information content (AvgIpc) is 2.70. The van der Waals surface area contributed by atoms with Crippen LogP contribution in [0.15, 0.2) is 6.20 Å². The van der Waals surface area contributed by atoms with E-state index in [4.69, 9.17) is 0 Å². The summed E-state index contributed by atoms with van der Waals surface area (Å²) in [6, 6.07) is 0. The van der Waals surface area contributed by atoms with Crippen LogP contribution in [-0.4, -0.2) is 41.6 Å². The molecule has 1 saturated heterocycles. The summed E-state index contributed by atoms with van der Waals surface area (Å²) >= 11 is 0. The van der Waals surface area contributed by atoms with E-state index in [0.717, 1.165) is 17.9 Å². The van der Waals surface area contributed by atoms with Gasteiger partial charge in [0.05, 0.1) is 11.9 Å². The monoisotopic (exact) mass is 243 g/mol. The Balaban J connectivity index is 2.18. The predicted octanol–water partition coefficient (Wildman–Crippen LogP) is 0.477. The largest absolute Gasteiger partial charge is 0.337 e. The van der Waals surface area contributed by atoms with Crippen molar-refractivity contribution in [2.45, 2.75) is 19.3 Å². The van der Waals surface area contributed by atoms with E-state index in [1.165, 1.54) is 10.6 Å². The summed E-state index contributed by atoms with van der Waals surface area (Å²) < 4.78 is 26.3. The van der Waals surface area contributed by atoms with Crippen LogP contribution < -0.4 is 0 Å². The van der Waals surface area contributed by atoms with Crippen molar-refractivity contribution in [3.8, 4) is 0 Å². The third-order valence-electron chi connectivity index (χ3n) is 3.02. The van der Waals surface area contributed by atoms with Crippen LogP contribution in [-0.2, 0) is 17.1 Å². The molecule has 0 aromatic carbocycles. The summed E-state index contributed by atoms with van der Waals surface area (Å²) in [5.74, 6) is 1.22. The van der Waals surface area contributed by atoms with Gasteiger partial charge in [0.15, 0.2) is 0 Å². The highest BCUT2D eigenvalue weighted by Gasteiger charge is 2.31. The number of aromatic nitrogens is 2. The van der Waals surface area contributed by atoms with Gasteiger partial charge in [0, 0.05) is 32.3 Å². The fourth-order valence-corrected chi connectivity index (χ4v) is 3.14. The Morgan fingerprint density at radius 2 is 2.19 bits per heavy atom. The van der Waals surface area contributed by atoms with Gasteiger partial charge in [0.2, 0.25) is 10.0 Å². The minimum Gasteiger partial charge on any atom is -0.337 e. The molecule has 0 saturated carbocycles. The van der Waals surface area contributed by atoms with Gasteiger partial charge in [0.25, 0.3) is 0 Å². The zero-order chi connectivity index (χ0) is 11.9. The van der Waals surface area contributed by atoms with Gasteiger partial charge in [0.1, 0.15) is 5.82 Å². The summed E-state index contributed by atoms with van der Waals surface area (Å²) in [6.45, 7) is 3.12. The number of rotatable bonds is 2. The number of hydrogen-bond acceptors (Lipinski definition) is 3. The second-order valence-electron chi connectivity index (χ2n) is 4.46. The molecular formula is C10H17N3O2S. The number of sulfonamides is 1. The number of imidazole rings is 1. The SMILES string of the molecule is Cc1cn(C)c([C@H]2CCN(S(C)(=O)=O)C2)n1. The van der Waals surface area contributed by atoms with Crippen LogP contribution >= 0.6 is 0 Å². The predicted molar refractivity (Wildman–Crippen MR) is 61.7 cm³/mol. The minimum atomic E-state index is -3.05. The van der Waals surface area contributed by atoms with E-state index in [0.29, 0.717) is 13.1 Å². The molecule has 2 heterocycles. The molecule has 1 aromatic heterocycles. The average molecular weight is 243 g/mol. The normalized spacial score (nSPS) is 22.8. The van der Waals surface area contributed by atoms with Gasteiger partial charge >= 0.3 is 0 Å². The van der Waals surface area contributed by atoms with Crippen molar-refractivity contribution < 1.29 is 8.42 Å². The Labute approximate surface area is 96.1 Å². The molecule has 1 aliphatic rings. The number of nitrogens with zero attached hydrogens (tertiary/aromatic N) is 3. The molecule has 0 bridgehead atoms. The molecule has 1 atom stereocenters. The van der Waals surface area contributed by atoms with Crippen LogP contribution in [0.2, 0.25) is 0 Å². The van der Waals surface area contributed by atoms with Crippen molar-refractivity contribution >= 4 is 10.0 Å². The van der Waals surface area contributed by atoms with E-state index >= 15 is 0 Å². The van der Waals surface area contributed by atoms with Gasteiger partial charge in [-0.15, -0.1) is 0 Å². The Morgan fingerprint density at radius 1 is 1.50 bits per heavy atom. The van der Waals surface area contributed by atoms with Crippen molar-refractivity contribution in [1.82, 2.24) is 13.9 Å². The molecule has 1 aromatic rings. The quantitative estimate of drug-likeness (QED) is 0.759. The fraction of sp³-hybridized carbons (Fsp3) is 0.700. The van der Waals surface area contributed by atoms with Crippen LogP contribution in [0.25, 0.3) is 0 Å². The number of aryl methyl sites for hydroxylation is 2. The zero-order valence-electron chi connectivity index (χ0n) is 9.84. The van der Waals surface area contributed by atoms with Crippen molar-refractivity contribution in [3.63, 3.8) is 0 Å². The standard InChI is InChI=1S/C10H17N3O2S/c1-8-6-12(2)10(11-8)9-4-5-13(7-9)16(3,14)15/h6,9H,4-5,7H2,1-3H3/t9-/m0/s1. The van der Waals surface area contributed by atoms with Crippen LogP contribution in [0.3, 0.4) is 0 Å². The van der Waals surface area contributed by atoms with E-state index in [1.807, 2.05) is 24.7 Å². The minimum absolute atomic E-state index is 0.230. The molecule has 90 valence electrons. The molecule has 16 heavy (non-hydrogen) atoms. The molecule has 0 N–H and O–H groups in total. The van der Waals surface area contributed by atoms with E-state index in [-0.39, 0.29) is 5.92 Å². The molecule has 1 fully saturated rings. The van der Waals surface area contributed by atoms with Crippen molar-refractivity contribution in [2.24, 2.45) is 7.05 Å². The lowest BCUT2D eigenvalue weighted by molar-refractivity contribution is 0.475. The third-order valence-corrected chi connectivity index (χ3v) is 4.29. The zero-order valence-corrected chi connectivity index (χ0v) is 10.7. The lowest BCUT2D eigenvalue weighted by Gasteiger charge is -2.13. The molecule has 6 heteroatoms. The maximum Gasteiger partial charge on any atom is 0.211 e. The van der Waals surface area contributed by atoms with Gasteiger partial charge < -0.3 is 4.57 Å². The Morgan fingerprint density at radius 3 is 2.62 bits per heavy atom. The molecule has 0 unspecified atom stereocenters. The highest BCUT2D eigenvalue weighted by Crippen LogP contribution is 2.27. The summed E-state index contributed by atoms with van der Waals surface area (Å²) in [5, 5.41) is 0. The first-order valence-corrected chi connectivity index (χ1v) is 7.18. The summed E-state index contributed by atoms with van der Waals surface area (Å²) in [5.41, 5.74) is 0.982. The van der Waals surface area contributed by atoms with Crippen LogP contribution in [0.5, 0.6) is 0 Å². The summed E-state index contributed by atoms with van der Waals surface area (Å²) in [4.78, 5) is 4.45. The Kier molecular flexibility index (Phi) is 2.79. The van der Waals surface area contributed by atoms with Crippen LogP contribution in [0, 0.1) is 6.92 Å². The van der Waals surface area contributed by atoms with Crippen molar-refractivity contribution in [2.75, 3.05) is 19.3 Å². The van der Waals surface area contributed by atoms with Gasteiger partial charge in [-0.2, -0.15) is 0 Å². The highest BCUT2D eigenvalue weighted by molar-refractivity contribution is 7.88. The molecule has 0 amide bonds. The molecular weight excluding hydrogens is 226 g/mol. The van der Waals surface area contributed by atoms with E-state index in [1.54, 1.807) is 0 Å². The fourth-order valence-electron chi connectivity index (χ4n) is 2.25. The Bertz CT molecular complexity index is 492. The van der Waals surface area contributed by atoms with Crippen LogP contribution in [0.1, 0.15) is 23.9 Å². The maximum absolute atomic E-state index is 11.4. The summed E-state index contributed by atoms with van der Waals surface area (Å²) in [6.07, 6.45) is 4.09. The lowest BCUT2D eigenvalue weighted by Crippen LogP contribution is -2.27. The molecule has 0 radical (unpaired) electrons. The molecule has 1 aliphatic heterocycles. The van der Waals surface area contributed by atoms with Gasteiger partial charge in [-0.05, 0) is 13.3 Å². The molecule has 0 spiro atoms. The molecule has 2 rings (SSSR count). The van der Waals surface area contributed by atoms with E-state index < -0.39 is 10.0 Å². The third kappa shape index (κ3) is 2.12. The first-order chi connectivity index (χ1) is 7.38. The number of hydrogen-bond donors (Lipinski definition) is 0. The molecule has 0 aliphatic carbocycles. The van der Waals surface area contributed by atoms with E-state index in [9.17, 15) is 8.42 Å². The molecule has 5 nitrogen and oxygen atoms in total. The van der Waals surface area contributed by atoms with Gasteiger partial charge in [-0.3, -0.25) is 0 Å². The lowest BCUT2D eigenvalue weighted by atomic mass is 10.1. The van der Waals surface area contributed by atoms with Gasteiger partial charge in [-0.1, -0.05) is 0 Å². The second kappa shape index (κ2) is 3.85. The first-order valence-electron chi connectivity index (χ1n) is 5.33. The van der Waals surface area contributed by atoms with E-state index in [2.05, 4.69) is 4.98 Å². The van der Waals surface area contributed by atoms with Crippen LogP contribution in [0.4, 0.5) is 0 Å². The summed E-state index contributed by atoms with van der Waals surface area (Å²) in [7, 11) is -1.10. The highest BCUT2D eigenvalue weighted by atomic mass is 32.2. The van der Waals surface area contributed by atoms with Crippen molar-refractivity contribution in [3.05, 3.63) is 17.7 Å². The van der Waals surface area contributed by atoms with Gasteiger partial charge in [-0.25, -0.2) is 17.7 Å². The second-order valence-corrected chi connectivity index (χ2v) is 6.44. The smallest absolute Gasteiger partial charge is 0.211 e. The first kappa shape index (κ1) is 11.6. The topological polar surface area (TPSA) is 55.2 Å².